The molecule has 2 aromatic rings. The van der Waals surface area contributed by atoms with Gasteiger partial charge in [0.1, 0.15) is 5.82 Å². The number of carbonyl (C=O) groups is 1. The Balaban J connectivity index is 1.63. The first-order valence-corrected chi connectivity index (χ1v) is 7.39. The van der Waals surface area contributed by atoms with Gasteiger partial charge in [0.15, 0.2) is 0 Å². The number of benzene rings is 1. The van der Waals surface area contributed by atoms with Gasteiger partial charge in [0.2, 0.25) is 5.91 Å². The van der Waals surface area contributed by atoms with E-state index in [1.807, 2.05) is 29.0 Å². The Morgan fingerprint density at radius 3 is 2.76 bits per heavy atom. The molecule has 1 aromatic heterocycles. The van der Waals surface area contributed by atoms with Crippen LogP contribution in [0.4, 0.5) is 4.39 Å². The van der Waals surface area contributed by atoms with Crippen molar-refractivity contribution in [2.75, 3.05) is 0 Å². The topological polar surface area (TPSA) is 34.0 Å². The average molecular weight is 286 g/mol. The van der Waals surface area contributed by atoms with Gasteiger partial charge >= 0.3 is 0 Å². The number of rotatable bonds is 5. The maximum Gasteiger partial charge on any atom is 0.223 e. The first kappa shape index (κ1) is 13.9. The predicted octanol–water partition coefficient (Wildman–Crippen LogP) is 3.09. The number of nitrogens with zero attached hydrogens (tertiary/aromatic N) is 1. The Hall–Kier alpha value is -2.10. The summed E-state index contributed by atoms with van der Waals surface area (Å²) in [5.41, 5.74) is 1.64. The average Bonchev–Trinajstić information content (AvgIpc) is 2.84. The second-order valence-electron chi connectivity index (χ2n) is 5.56. The zero-order valence-electron chi connectivity index (χ0n) is 11.9. The molecule has 0 unspecified atom stereocenters. The molecular formula is C17H19FN2O. The van der Waals surface area contributed by atoms with E-state index in [2.05, 4.69) is 5.32 Å². The normalized spacial score (nSPS) is 14.7. The summed E-state index contributed by atoms with van der Waals surface area (Å²) in [4.78, 5) is 11.9. The second kappa shape index (κ2) is 6.12. The molecule has 3 rings (SSSR count). The molecule has 1 aromatic carbocycles. The van der Waals surface area contributed by atoms with Crippen LogP contribution in [0.25, 0.3) is 0 Å². The molecule has 3 nitrogen and oxygen atoms in total. The monoisotopic (exact) mass is 286 g/mol. The molecule has 1 fully saturated rings. The molecule has 1 aliphatic rings. The lowest BCUT2D eigenvalue weighted by atomic mass is 9.85. The van der Waals surface area contributed by atoms with Gasteiger partial charge in [-0.2, -0.15) is 0 Å². The van der Waals surface area contributed by atoms with Crippen LogP contribution in [0.1, 0.15) is 30.5 Å². The van der Waals surface area contributed by atoms with Crippen LogP contribution >= 0.6 is 0 Å². The van der Waals surface area contributed by atoms with Gasteiger partial charge in [-0.25, -0.2) is 4.39 Å². The number of hydrogen-bond donors (Lipinski definition) is 1. The van der Waals surface area contributed by atoms with E-state index in [0.29, 0.717) is 18.7 Å². The summed E-state index contributed by atoms with van der Waals surface area (Å²) in [6.45, 7) is 0.977. The molecule has 0 atom stereocenters. The fourth-order valence-electron chi connectivity index (χ4n) is 2.57. The van der Waals surface area contributed by atoms with Crippen molar-refractivity contribution in [3.63, 3.8) is 0 Å². The van der Waals surface area contributed by atoms with Crippen LogP contribution in [0.3, 0.4) is 0 Å². The summed E-state index contributed by atoms with van der Waals surface area (Å²) in [5, 5.41) is 2.97. The lowest BCUT2D eigenvalue weighted by Crippen LogP contribution is -2.34. The van der Waals surface area contributed by atoms with Crippen molar-refractivity contribution in [1.29, 1.82) is 0 Å². The molecule has 0 aliphatic heterocycles. The molecule has 110 valence electrons. The minimum atomic E-state index is -0.198. The van der Waals surface area contributed by atoms with Crippen molar-refractivity contribution in [3.8, 4) is 0 Å². The van der Waals surface area contributed by atoms with E-state index in [1.54, 1.807) is 12.1 Å². The van der Waals surface area contributed by atoms with E-state index in [0.717, 1.165) is 25.0 Å². The van der Waals surface area contributed by atoms with E-state index < -0.39 is 0 Å². The van der Waals surface area contributed by atoms with Crippen LogP contribution in [0.15, 0.2) is 42.6 Å². The summed E-state index contributed by atoms with van der Waals surface area (Å²) >= 11 is 0. The Bertz CT molecular complexity index is 631. The largest absolute Gasteiger partial charge is 0.350 e. The highest BCUT2D eigenvalue weighted by molar-refractivity contribution is 5.79. The Labute approximate surface area is 123 Å². The highest BCUT2D eigenvalue weighted by Crippen LogP contribution is 2.26. The lowest BCUT2D eigenvalue weighted by Gasteiger charge is -2.24. The lowest BCUT2D eigenvalue weighted by molar-refractivity contribution is -0.127. The first-order chi connectivity index (χ1) is 10.2. The third kappa shape index (κ3) is 3.15. The minimum absolute atomic E-state index is 0.139. The van der Waals surface area contributed by atoms with E-state index in [-0.39, 0.29) is 17.6 Å². The predicted molar refractivity (Wildman–Crippen MR) is 79.1 cm³/mol. The van der Waals surface area contributed by atoms with Crippen LogP contribution < -0.4 is 5.32 Å². The fourth-order valence-corrected chi connectivity index (χ4v) is 2.57. The second-order valence-corrected chi connectivity index (χ2v) is 5.56. The number of carbonyl (C=O) groups excluding carboxylic acids is 1. The molecular weight excluding hydrogens is 267 g/mol. The molecule has 1 aliphatic carbocycles. The molecule has 4 heteroatoms. The molecule has 1 saturated carbocycles. The van der Waals surface area contributed by atoms with Gasteiger partial charge in [0, 0.05) is 23.4 Å². The molecule has 21 heavy (non-hydrogen) atoms. The standard InChI is InChI=1S/C17H19FN2O/c18-16-9-2-1-5-14(16)12-20-10-4-8-15(20)11-19-17(21)13-6-3-7-13/h1-2,4-5,8-10,13H,3,6-7,11-12H2,(H,19,21). The van der Waals surface area contributed by atoms with Gasteiger partial charge in [0.05, 0.1) is 13.1 Å². The van der Waals surface area contributed by atoms with Crippen molar-refractivity contribution >= 4 is 5.91 Å². The molecule has 0 radical (unpaired) electrons. The van der Waals surface area contributed by atoms with Crippen LogP contribution in [-0.2, 0) is 17.9 Å². The third-order valence-corrected chi connectivity index (χ3v) is 4.14. The SMILES string of the molecule is O=C(NCc1cccn1Cc1ccccc1F)C1CCC1. The van der Waals surface area contributed by atoms with Crippen LogP contribution in [0, 0.1) is 11.7 Å². The first-order valence-electron chi connectivity index (χ1n) is 7.39. The number of amides is 1. The van der Waals surface area contributed by atoms with E-state index >= 15 is 0 Å². The Morgan fingerprint density at radius 1 is 1.24 bits per heavy atom. The van der Waals surface area contributed by atoms with Crippen molar-refractivity contribution in [3.05, 3.63) is 59.7 Å². The fraction of sp³-hybridized carbons (Fsp3) is 0.353. The van der Waals surface area contributed by atoms with Crippen molar-refractivity contribution < 1.29 is 9.18 Å². The summed E-state index contributed by atoms with van der Waals surface area (Å²) in [6, 6.07) is 10.7. The number of halogens is 1. The Morgan fingerprint density at radius 2 is 2.05 bits per heavy atom. The van der Waals surface area contributed by atoms with Crippen molar-refractivity contribution in [1.82, 2.24) is 9.88 Å². The molecule has 0 spiro atoms. The van der Waals surface area contributed by atoms with E-state index in [4.69, 9.17) is 0 Å². The number of nitrogens with one attached hydrogen (secondary N) is 1. The van der Waals surface area contributed by atoms with Gasteiger partial charge < -0.3 is 9.88 Å². The van der Waals surface area contributed by atoms with E-state index in [1.165, 1.54) is 6.07 Å². The molecule has 1 N–H and O–H groups in total. The van der Waals surface area contributed by atoms with Gasteiger partial charge in [0.25, 0.3) is 0 Å². The third-order valence-electron chi connectivity index (χ3n) is 4.14. The number of hydrogen-bond acceptors (Lipinski definition) is 1. The van der Waals surface area contributed by atoms with E-state index in [9.17, 15) is 9.18 Å². The summed E-state index contributed by atoms with van der Waals surface area (Å²) in [7, 11) is 0. The van der Waals surface area contributed by atoms with Crippen LogP contribution in [-0.4, -0.2) is 10.5 Å². The summed E-state index contributed by atoms with van der Waals surface area (Å²) < 4.78 is 15.7. The smallest absolute Gasteiger partial charge is 0.223 e. The summed E-state index contributed by atoms with van der Waals surface area (Å²) in [5.74, 6) is 0.135. The maximum absolute atomic E-state index is 13.7. The van der Waals surface area contributed by atoms with Crippen molar-refractivity contribution in [2.24, 2.45) is 5.92 Å². The minimum Gasteiger partial charge on any atom is -0.350 e. The zero-order valence-corrected chi connectivity index (χ0v) is 11.9. The van der Waals surface area contributed by atoms with Gasteiger partial charge in [-0.05, 0) is 31.0 Å². The maximum atomic E-state index is 13.7. The van der Waals surface area contributed by atoms with Crippen LogP contribution in [0.5, 0.6) is 0 Å². The Kier molecular flexibility index (Phi) is 4.04. The van der Waals surface area contributed by atoms with Gasteiger partial charge in [-0.3, -0.25) is 4.79 Å². The van der Waals surface area contributed by atoms with Gasteiger partial charge in [-0.1, -0.05) is 24.6 Å². The van der Waals surface area contributed by atoms with Gasteiger partial charge in [-0.15, -0.1) is 0 Å². The molecule has 1 amide bonds. The van der Waals surface area contributed by atoms with Crippen LogP contribution in [0.2, 0.25) is 0 Å². The highest BCUT2D eigenvalue weighted by Gasteiger charge is 2.24. The highest BCUT2D eigenvalue weighted by atomic mass is 19.1. The molecule has 1 heterocycles. The number of aromatic nitrogens is 1. The zero-order chi connectivity index (χ0) is 14.7. The quantitative estimate of drug-likeness (QED) is 0.900. The summed E-state index contributed by atoms with van der Waals surface area (Å²) in [6.07, 6.45) is 5.07. The molecule has 0 bridgehead atoms. The van der Waals surface area contributed by atoms with Crippen molar-refractivity contribution in [2.45, 2.75) is 32.4 Å². The molecule has 0 saturated heterocycles.